The van der Waals surface area contributed by atoms with E-state index in [9.17, 15) is 18.0 Å². The number of nitrogens with zero attached hydrogens (tertiary/aromatic N) is 1. The molecule has 9 nitrogen and oxygen atoms in total. The lowest BCUT2D eigenvalue weighted by atomic mass is 10.1. The Balaban J connectivity index is 0.000000265. The number of carboxylic acid groups (broad SMARTS) is 1. The molecule has 0 atom stereocenters. The topological polar surface area (TPSA) is 141 Å². The van der Waals surface area contributed by atoms with Gasteiger partial charge in [-0.25, -0.2) is 9.59 Å². The summed E-state index contributed by atoms with van der Waals surface area (Å²) < 4.78 is 33.7. The number of rotatable bonds is 7. The van der Waals surface area contributed by atoms with Crippen molar-refractivity contribution in [2.24, 2.45) is 0 Å². The van der Waals surface area contributed by atoms with Crippen molar-refractivity contribution < 1.29 is 37.5 Å². The minimum Gasteiger partial charge on any atom is -0.478 e. The Bertz CT molecular complexity index is 1140. The number of aliphatic hydroxyl groups is 1. The lowest BCUT2D eigenvalue weighted by Crippen LogP contribution is -2.19. The highest BCUT2D eigenvalue weighted by Gasteiger charge is 2.08. The quantitative estimate of drug-likeness (QED) is 0.294. The number of allylic oxidation sites excluding steroid dienone is 1. The molecule has 0 saturated heterocycles. The molecule has 0 unspecified atom stereocenters. The number of aromatic carboxylic acids is 1. The maximum absolute atomic E-state index is 11.0. The van der Waals surface area contributed by atoms with Crippen LogP contribution in [-0.2, 0) is 14.9 Å². The molecule has 1 aliphatic heterocycles. The van der Waals surface area contributed by atoms with Crippen LogP contribution in [0.25, 0.3) is 0 Å². The Labute approximate surface area is 205 Å². The highest BCUT2D eigenvalue weighted by Crippen LogP contribution is 2.10. The number of hydrogen-bond donors (Lipinski definition) is 3. The van der Waals surface area contributed by atoms with E-state index in [2.05, 4.69) is 22.3 Å². The highest BCUT2D eigenvalue weighted by atomic mass is 32.2. The average molecular weight is 504 g/mol. The molecule has 1 heterocycles. The van der Waals surface area contributed by atoms with Gasteiger partial charge in [0, 0.05) is 19.7 Å². The van der Waals surface area contributed by atoms with E-state index >= 15 is 0 Å². The SMILES string of the molecule is C=CCN1C=CC(CCO)=CC1.COC(=O)c1cccc(C(=O)O)c1.O=S(=O)(O)c1ccccc1. The first-order chi connectivity index (χ1) is 16.6. The second-order valence-electron chi connectivity index (χ2n) is 6.98. The van der Waals surface area contributed by atoms with Gasteiger partial charge in [-0.2, -0.15) is 8.42 Å². The van der Waals surface area contributed by atoms with Crippen molar-refractivity contribution in [3.05, 3.63) is 102 Å². The van der Waals surface area contributed by atoms with Gasteiger partial charge in [-0.3, -0.25) is 4.55 Å². The summed E-state index contributed by atoms with van der Waals surface area (Å²) in [6.07, 6.45) is 8.88. The molecule has 3 N–H and O–H groups in total. The zero-order valence-electron chi connectivity index (χ0n) is 19.3. The molecule has 0 saturated carbocycles. The number of hydrogen-bond acceptors (Lipinski definition) is 7. The molecular weight excluding hydrogens is 474 g/mol. The number of methoxy groups -OCH3 is 1. The lowest BCUT2D eigenvalue weighted by molar-refractivity contribution is 0.0600. The van der Waals surface area contributed by atoms with Crippen LogP contribution >= 0.6 is 0 Å². The third-order valence-corrected chi connectivity index (χ3v) is 5.29. The van der Waals surface area contributed by atoms with E-state index in [0.717, 1.165) is 19.5 Å². The van der Waals surface area contributed by atoms with Crippen molar-refractivity contribution in [2.75, 3.05) is 26.8 Å². The molecule has 0 aliphatic carbocycles. The lowest BCUT2D eigenvalue weighted by Gasteiger charge is -2.20. The van der Waals surface area contributed by atoms with Crippen LogP contribution in [0.3, 0.4) is 0 Å². The maximum Gasteiger partial charge on any atom is 0.337 e. The minimum absolute atomic E-state index is 0.0721. The molecule has 35 heavy (non-hydrogen) atoms. The summed E-state index contributed by atoms with van der Waals surface area (Å²) in [5, 5.41) is 17.3. The Morgan fingerprint density at radius 2 is 1.77 bits per heavy atom. The van der Waals surface area contributed by atoms with Gasteiger partial charge < -0.3 is 19.8 Å². The summed E-state index contributed by atoms with van der Waals surface area (Å²) in [6.45, 7) is 5.72. The van der Waals surface area contributed by atoms with Crippen molar-refractivity contribution in [1.82, 2.24) is 4.90 Å². The molecule has 10 heteroatoms. The number of carbonyl (C=O) groups is 2. The summed E-state index contributed by atoms with van der Waals surface area (Å²) in [5.74, 6) is -1.60. The van der Waals surface area contributed by atoms with Crippen molar-refractivity contribution in [3.63, 3.8) is 0 Å². The first-order valence-electron chi connectivity index (χ1n) is 10.4. The molecule has 3 rings (SSSR count). The Morgan fingerprint density at radius 3 is 2.23 bits per heavy atom. The van der Waals surface area contributed by atoms with Crippen LogP contribution in [-0.4, -0.2) is 66.8 Å². The number of carbonyl (C=O) groups excluding carboxylic acids is 1. The molecule has 2 aromatic carbocycles. The standard InChI is InChI=1S/C10H15NO.C9H8O4.C6H6O3S/c1-2-6-11-7-3-10(4-8-11)5-9-12;1-13-9(12)7-4-2-3-6(5-7)8(10)11;7-10(8,9)6-4-2-1-3-5-6/h2-4,7,12H,1,5-6,8-9H2;2-5H,1H3,(H,10,11);1-5H,(H,7,8,9). The third kappa shape index (κ3) is 11.3. The van der Waals surface area contributed by atoms with Crippen LogP contribution in [0.5, 0.6) is 0 Å². The number of aliphatic hydroxyl groups excluding tert-OH is 1. The van der Waals surface area contributed by atoms with Gasteiger partial charge in [-0.05, 0) is 54.6 Å². The molecule has 0 aromatic heterocycles. The van der Waals surface area contributed by atoms with Crippen LogP contribution in [0.1, 0.15) is 27.1 Å². The number of ether oxygens (including phenoxy) is 1. The van der Waals surface area contributed by atoms with Crippen molar-refractivity contribution in [2.45, 2.75) is 11.3 Å². The summed E-state index contributed by atoms with van der Waals surface area (Å²) >= 11 is 0. The van der Waals surface area contributed by atoms with Gasteiger partial charge in [0.1, 0.15) is 0 Å². The highest BCUT2D eigenvalue weighted by molar-refractivity contribution is 7.85. The van der Waals surface area contributed by atoms with E-state index in [4.69, 9.17) is 14.8 Å². The molecule has 1 aliphatic rings. The van der Waals surface area contributed by atoms with E-state index in [1.165, 1.54) is 49.1 Å². The minimum atomic E-state index is -4.00. The van der Waals surface area contributed by atoms with E-state index in [-0.39, 0.29) is 22.6 Å². The van der Waals surface area contributed by atoms with Gasteiger partial charge in [0.25, 0.3) is 10.1 Å². The molecule has 0 fully saturated rings. The smallest absolute Gasteiger partial charge is 0.337 e. The van der Waals surface area contributed by atoms with Crippen LogP contribution in [0.15, 0.2) is 96.1 Å². The fourth-order valence-corrected chi connectivity index (χ4v) is 3.17. The van der Waals surface area contributed by atoms with Gasteiger partial charge >= 0.3 is 11.9 Å². The predicted molar refractivity (Wildman–Crippen MR) is 132 cm³/mol. The normalized spacial score (nSPS) is 12.2. The zero-order valence-corrected chi connectivity index (χ0v) is 20.1. The summed E-state index contributed by atoms with van der Waals surface area (Å²) in [5.41, 5.74) is 1.53. The molecule has 0 amide bonds. The number of esters is 1. The number of carboxylic acids is 1. The Kier molecular flexibility index (Phi) is 12.7. The monoisotopic (exact) mass is 503 g/mol. The van der Waals surface area contributed by atoms with Crippen LogP contribution in [0, 0.1) is 0 Å². The maximum atomic E-state index is 11.0. The van der Waals surface area contributed by atoms with E-state index in [1.54, 1.807) is 18.2 Å². The van der Waals surface area contributed by atoms with E-state index in [0.29, 0.717) is 0 Å². The van der Waals surface area contributed by atoms with Gasteiger partial charge in [-0.15, -0.1) is 6.58 Å². The Hall–Kier alpha value is -3.73. The first kappa shape index (κ1) is 29.3. The fourth-order valence-electron chi connectivity index (χ4n) is 2.67. The van der Waals surface area contributed by atoms with Crippen LogP contribution in [0.4, 0.5) is 0 Å². The van der Waals surface area contributed by atoms with Gasteiger partial charge in [-0.1, -0.05) is 36.4 Å². The van der Waals surface area contributed by atoms with Gasteiger partial charge in [0.2, 0.25) is 0 Å². The second kappa shape index (κ2) is 15.2. The zero-order chi connectivity index (χ0) is 26.3. The largest absolute Gasteiger partial charge is 0.478 e. The van der Waals surface area contributed by atoms with Crippen molar-refractivity contribution in [1.29, 1.82) is 0 Å². The molecule has 0 bridgehead atoms. The third-order valence-electron chi connectivity index (χ3n) is 4.42. The first-order valence-corrected chi connectivity index (χ1v) is 11.8. The fraction of sp³-hybridized carbons (Fsp3) is 0.200. The predicted octanol–water partition coefficient (Wildman–Crippen LogP) is 3.42. The summed E-state index contributed by atoms with van der Waals surface area (Å²) in [4.78, 5) is 23.6. The van der Waals surface area contributed by atoms with E-state index in [1.807, 2.05) is 18.4 Å². The average Bonchev–Trinajstić information content (AvgIpc) is 2.86. The summed E-state index contributed by atoms with van der Waals surface area (Å²) in [7, 11) is -2.76. The van der Waals surface area contributed by atoms with Crippen LogP contribution < -0.4 is 0 Å². The number of benzene rings is 2. The molecule has 0 radical (unpaired) electrons. The van der Waals surface area contributed by atoms with Gasteiger partial charge in [0.05, 0.1) is 23.1 Å². The van der Waals surface area contributed by atoms with Crippen molar-refractivity contribution >= 4 is 22.1 Å². The Morgan fingerprint density at radius 1 is 1.11 bits per heavy atom. The molecule has 188 valence electrons. The molecule has 0 spiro atoms. The molecular formula is C25H29NO8S. The summed E-state index contributed by atoms with van der Waals surface area (Å²) in [6, 6.07) is 13.1. The second-order valence-corrected chi connectivity index (χ2v) is 8.40. The van der Waals surface area contributed by atoms with Crippen molar-refractivity contribution in [3.8, 4) is 0 Å². The van der Waals surface area contributed by atoms with Gasteiger partial charge in [0.15, 0.2) is 0 Å². The van der Waals surface area contributed by atoms with E-state index < -0.39 is 22.1 Å². The van der Waals surface area contributed by atoms with Crippen LogP contribution in [0.2, 0.25) is 0 Å². The molecule has 2 aromatic rings.